The molecule has 0 radical (unpaired) electrons. The van der Waals surface area contributed by atoms with Crippen molar-refractivity contribution >= 4 is 21.7 Å². The fraction of sp³-hybridized carbons (Fsp3) is 0.417. The van der Waals surface area contributed by atoms with Gasteiger partial charge < -0.3 is 5.73 Å². The number of rotatable bonds is 5. The van der Waals surface area contributed by atoms with E-state index in [-0.39, 0.29) is 23.9 Å². The van der Waals surface area contributed by atoms with Crippen LogP contribution in [0.1, 0.15) is 18.9 Å². The monoisotopic (exact) mass is 287 g/mol. The summed E-state index contributed by atoms with van der Waals surface area (Å²) in [5.74, 6) is -0.159. The summed E-state index contributed by atoms with van der Waals surface area (Å²) in [6.07, 6.45) is 0.551. The topological polar surface area (TPSA) is 43.1 Å². The molecule has 0 aliphatic heterocycles. The lowest BCUT2D eigenvalue weighted by atomic mass is 10.00. The van der Waals surface area contributed by atoms with Crippen LogP contribution in [0.2, 0.25) is 0 Å². The van der Waals surface area contributed by atoms with Gasteiger partial charge >= 0.3 is 0 Å². The molecule has 4 heteroatoms. The molecule has 1 aromatic rings. The molecule has 0 spiro atoms. The molecule has 0 heterocycles. The van der Waals surface area contributed by atoms with E-state index < -0.39 is 0 Å². The van der Waals surface area contributed by atoms with Gasteiger partial charge in [0, 0.05) is 17.3 Å². The predicted octanol–water partition coefficient (Wildman–Crippen LogP) is 2.68. The fourth-order valence-corrected chi connectivity index (χ4v) is 1.75. The van der Waals surface area contributed by atoms with Crippen LogP contribution in [0.15, 0.2) is 22.7 Å². The number of nitrogens with two attached hydrogens (primary N) is 1. The molecule has 16 heavy (non-hydrogen) atoms. The Kier molecular flexibility index (Phi) is 5.09. The van der Waals surface area contributed by atoms with Crippen LogP contribution < -0.4 is 5.73 Å². The van der Waals surface area contributed by atoms with E-state index in [1.54, 1.807) is 12.1 Å². The van der Waals surface area contributed by atoms with Crippen molar-refractivity contribution in [2.24, 2.45) is 11.7 Å². The summed E-state index contributed by atoms with van der Waals surface area (Å²) in [5.41, 5.74) is 5.87. The smallest absolute Gasteiger partial charge is 0.137 e. The minimum Gasteiger partial charge on any atom is -0.330 e. The van der Waals surface area contributed by atoms with Crippen LogP contribution in [0.4, 0.5) is 4.39 Å². The van der Waals surface area contributed by atoms with Crippen molar-refractivity contribution in [1.82, 2.24) is 0 Å². The van der Waals surface area contributed by atoms with Crippen LogP contribution in [-0.4, -0.2) is 12.3 Å². The highest BCUT2D eigenvalue weighted by molar-refractivity contribution is 9.10. The summed E-state index contributed by atoms with van der Waals surface area (Å²) < 4.78 is 14.1. The zero-order valence-electron chi connectivity index (χ0n) is 9.17. The van der Waals surface area contributed by atoms with Crippen molar-refractivity contribution in [2.75, 3.05) is 6.54 Å². The average Bonchev–Trinajstić information content (AvgIpc) is 2.22. The molecule has 1 rings (SSSR count). The predicted molar refractivity (Wildman–Crippen MR) is 65.6 cm³/mol. The van der Waals surface area contributed by atoms with Crippen LogP contribution >= 0.6 is 15.9 Å². The minimum atomic E-state index is -0.344. The molecular weight excluding hydrogens is 273 g/mol. The molecule has 1 atom stereocenters. The first-order valence-corrected chi connectivity index (χ1v) is 5.98. The molecule has 0 aromatic heterocycles. The van der Waals surface area contributed by atoms with Gasteiger partial charge in [0.1, 0.15) is 11.6 Å². The van der Waals surface area contributed by atoms with Crippen molar-refractivity contribution in [2.45, 2.75) is 19.8 Å². The summed E-state index contributed by atoms with van der Waals surface area (Å²) in [6.45, 7) is 2.39. The van der Waals surface area contributed by atoms with Crippen LogP contribution in [0.5, 0.6) is 0 Å². The van der Waals surface area contributed by atoms with Crippen LogP contribution in [-0.2, 0) is 11.2 Å². The number of benzene rings is 1. The second-order valence-corrected chi connectivity index (χ2v) is 4.91. The Balaban J connectivity index is 2.63. The summed E-state index contributed by atoms with van der Waals surface area (Å²) in [7, 11) is 0. The Hall–Kier alpha value is -0.740. The summed E-state index contributed by atoms with van der Waals surface area (Å²) in [5, 5.41) is 0. The standard InChI is InChI=1S/C12H15BrFNO/c1-8(7-15)4-11(16)5-9-2-3-10(13)6-12(9)14/h2-3,6,8H,4-5,7,15H2,1H3. The molecule has 0 fully saturated rings. The first-order chi connectivity index (χ1) is 7.52. The first-order valence-electron chi connectivity index (χ1n) is 5.18. The molecule has 0 saturated carbocycles. The van der Waals surface area contributed by atoms with Crippen molar-refractivity contribution in [1.29, 1.82) is 0 Å². The van der Waals surface area contributed by atoms with Crippen LogP contribution in [0.25, 0.3) is 0 Å². The van der Waals surface area contributed by atoms with E-state index >= 15 is 0 Å². The van der Waals surface area contributed by atoms with E-state index in [1.807, 2.05) is 6.92 Å². The Morgan fingerprint density at radius 3 is 2.81 bits per heavy atom. The van der Waals surface area contributed by atoms with Gasteiger partial charge in [-0.1, -0.05) is 28.9 Å². The van der Waals surface area contributed by atoms with Crippen molar-refractivity contribution in [3.8, 4) is 0 Å². The van der Waals surface area contributed by atoms with E-state index in [1.165, 1.54) is 6.07 Å². The van der Waals surface area contributed by atoms with Gasteiger partial charge in [0.15, 0.2) is 0 Å². The lowest BCUT2D eigenvalue weighted by Crippen LogP contribution is -2.16. The Morgan fingerprint density at radius 1 is 1.56 bits per heavy atom. The quantitative estimate of drug-likeness (QED) is 0.905. The number of hydrogen-bond acceptors (Lipinski definition) is 2. The average molecular weight is 288 g/mol. The lowest BCUT2D eigenvalue weighted by Gasteiger charge is -2.07. The normalized spacial score (nSPS) is 12.5. The molecule has 0 bridgehead atoms. The Morgan fingerprint density at radius 2 is 2.25 bits per heavy atom. The number of halogens is 2. The molecule has 1 unspecified atom stereocenters. The summed E-state index contributed by atoms with van der Waals surface area (Å²) in [6, 6.07) is 4.73. The molecule has 2 N–H and O–H groups in total. The third kappa shape index (κ3) is 4.02. The number of Topliss-reactive ketones (excluding diaryl/α,β-unsaturated/α-hetero) is 1. The summed E-state index contributed by atoms with van der Waals surface area (Å²) in [4.78, 5) is 11.6. The van der Waals surface area contributed by atoms with Gasteiger partial charge in [0.05, 0.1) is 0 Å². The van der Waals surface area contributed by atoms with Crippen molar-refractivity contribution in [3.05, 3.63) is 34.1 Å². The van der Waals surface area contributed by atoms with E-state index in [9.17, 15) is 9.18 Å². The summed E-state index contributed by atoms with van der Waals surface area (Å²) >= 11 is 3.17. The molecule has 0 amide bonds. The largest absolute Gasteiger partial charge is 0.330 e. The first kappa shape index (κ1) is 13.3. The third-order valence-electron chi connectivity index (χ3n) is 2.38. The van der Waals surface area contributed by atoms with Gasteiger partial charge in [-0.25, -0.2) is 4.39 Å². The molecule has 1 aromatic carbocycles. The Labute approximate surface area is 103 Å². The van der Waals surface area contributed by atoms with E-state index in [4.69, 9.17) is 5.73 Å². The number of carbonyl (C=O) groups is 1. The molecular formula is C12H15BrFNO. The Bertz CT molecular complexity index is 381. The van der Waals surface area contributed by atoms with Gasteiger partial charge in [0.2, 0.25) is 0 Å². The van der Waals surface area contributed by atoms with Gasteiger partial charge in [-0.05, 0) is 30.2 Å². The zero-order chi connectivity index (χ0) is 12.1. The number of ketones is 1. The molecule has 2 nitrogen and oxygen atoms in total. The number of hydrogen-bond donors (Lipinski definition) is 1. The lowest BCUT2D eigenvalue weighted by molar-refractivity contribution is -0.119. The molecule has 0 saturated heterocycles. The van der Waals surface area contributed by atoms with Gasteiger partial charge in [-0.2, -0.15) is 0 Å². The third-order valence-corrected chi connectivity index (χ3v) is 2.87. The second kappa shape index (κ2) is 6.11. The van der Waals surface area contributed by atoms with E-state index in [0.29, 0.717) is 23.0 Å². The van der Waals surface area contributed by atoms with Gasteiger partial charge in [0.25, 0.3) is 0 Å². The van der Waals surface area contributed by atoms with E-state index in [2.05, 4.69) is 15.9 Å². The molecule has 0 aliphatic carbocycles. The highest BCUT2D eigenvalue weighted by Gasteiger charge is 2.11. The van der Waals surface area contributed by atoms with Gasteiger partial charge in [-0.15, -0.1) is 0 Å². The maximum absolute atomic E-state index is 13.4. The SMILES string of the molecule is CC(CN)CC(=O)Cc1ccc(Br)cc1F. The van der Waals surface area contributed by atoms with Gasteiger partial charge in [-0.3, -0.25) is 4.79 Å². The van der Waals surface area contributed by atoms with Crippen molar-refractivity contribution < 1.29 is 9.18 Å². The second-order valence-electron chi connectivity index (χ2n) is 4.00. The zero-order valence-corrected chi connectivity index (χ0v) is 10.8. The molecule has 0 aliphatic rings. The van der Waals surface area contributed by atoms with E-state index in [0.717, 1.165) is 0 Å². The molecule has 88 valence electrons. The number of carbonyl (C=O) groups excluding carboxylic acids is 1. The highest BCUT2D eigenvalue weighted by Crippen LogP contribution is 2.16. The highest BCUT2D eigenvalue weighted by atomic mass is 79.9. The van der Waals surface area contributed by atoms with Crippen LogP contribution in [0, 0.1) is 11.7 Å². The van der Waals surface area contributed by atoms with Crippen LogP contribution in [0.3, 0.4) is 0 Å². The maximum atomic E-state index is 13.4. The maximum Gasteiger partial charge on any atom is 0.137 e. The fourth-order valence-electron chi connectivity index (χ4n) is 1.42. The van der Waals surface area contributed by atoms with Crippen molar-refractivity contribution in [3.63, 3.8) is 0 Å². The minimum absolute atomic E-state index is 0.0270.